The highest BCUT2D eigenvalue weighted by Gasteiger charge is 2.21. The van der Waals surface area contributed by atoms with Crippen LogP contribution in [0.25, 0.3) is 0 Å². The Balaban J connectivity index is 1.57. The number of benzene rings is 1. The minimum atomic E-state index is -0.0671. The van der Waals surface area contributed by atoms with Crippen LogP contribution in [0, 0.1) is 0 Å². The molecule has 1 aromatic heterocycles. The van der Waals surface area contributed by atoms with Crippen LogP contribution < -0.4 is 14.8 Å². The number of pyridine rings is 1. The molecular weight excluding hydrogens is 390 g/mol. The third-order valence-electron chi connectivity index (χ3n) is 5.30. The Morgan fingerprint density at radius 1 is 1.19 bits per heavy atom. The van der Waals surface area contributed by atoms with Gasteiger partial charge in [-0.25, -0.2) is 0 Å². The minimum absolute atomic E-state index is 0.0671. The van der Waals surface area contributed by atoms with Gasteiger partial charge in [0, 0.05) is 49.2 Å². The summed E-state index contributed by atoms with van der Waals surface area (Å²) < 4.78 is 11.6. The van der Waals surface area contributed by atoms with Gasteiger partial charge in [-0.15, -0.1) is 0 Å². The van der Waals surface area contributed by atoms with Gasteiger partial charge in [-0.2, -0.15) is 0 Å². The summed E-state index contributed by atoms with van der Waals surface area (Å²) in [4.78, 5) is 19.3. The first-order valence-corrected chi connectivity index (χ1v) is 11.0. The second-order valence-corrected chi connectivity index (χ2v) is 8.07. The lowest BCUT2D eigenvalue weighted by Gasteiger charge is -2.31. The third-order valence-corrected chi connectivity index (χ3v) is 5.30. The molecule has 2 heterocycles. The van der Waals surface area contributed by atoms with Crippen LogP contribution in [-0.4, -0.2) is 48.1 Å². The van der Waals surface area contributed by atoms with Crippen molar-refractivity contribution in [3.05, 3.63) is 65.5 Å². The highest BCUT2D eigenvalue weighted by molar-refractivity contribution is 5.95. The number of hydrogen-bond acceptors (Lipinski definition) is 5. The lowest BCUT2D eigenvalue weighted by Crippen LogP contribution is -2.44. The Morgan fingerprint density at radius 3 is 2.68 bits per heavy atom. The highest BCUT2D eigenvalue weighted by Crippen LogP contribution is 2.29. The molecule has 0 unspecified atom stereocenters. The van der Waals surface area contributed by atoms with E-state index in [2.05, 4.69) is 35.1 Å². The van der Waals surface area contributed by atoms with Gasteiger partial charge in [0.2, 0.25) is 0 Å². The zero-order valence-electron chi connectivity index (χ0n) is 18.8. The predicted octanol–water partition coefficient (Wildman–Crippen LogP) is 4.22. The van der Waals surface area contributed by atoms with Crippen LogP contribution in [0.1, 0.15) is 49.5 Å². The minimum Gasteiger partial charge on any atom is -0.490 e. The maximum Gasteiger partial charge on any atom is 0.251 e. The van der Waals surface area contributed by atoms with Crippen LogP contribution in [0.5, 0.6) is 11.5 Å². The normalized spacial score (nSPS) is 14.7. The number of hydrogen-bond donors (Lipinski definition) is 1. The SMILES string of the molecule is CCOc1cc(C(=O)NC2CCN(CC=C(C)C)CC2)ccc1OCc1cccnc1. The summed E-state index contributed by atoms with van der Waals surface area (Å²) in [7, 11) is 0. The van der Waals surface area contributed by atoms with Crippen molar-refractivity contribution in [2.24, 2.45) is 0 Å². The molecule has 3 rings (SSSR count). The molecule has 1 amide bonds. The van der Waals surface area contributed by atoms with Gasteiger partial charge in [-0.1, -0.05) is 17.7 Å². The van der Waals surface area contributed by atoms with E-state index in [9.17, 15) is 4.79 Å². The van der Waals surface area contributed by atoms with Crippen molar-refractivity contribution in [2.75, 3.05) is 26.2 Å². The molecule has 1 N–H and O–H groups in total. The summed E-state index contributed by atoms with van der Waals surface area (Å²) in [6.07, 6.45) is 7.69. The van der Waals surface area contributed by atoms with Crippen LogP contribution >= 0.6 is 0 Å². The van der Waals surface area contributed by atoms with E-state index in [-0.39, 0.29) is 11.9 Å². The number of likely N-dealkylation sites (tertiary alicyclic amines) is 1. The van der Waals surface area contributed by atoms with Gasteiger partial charge in [-0.3, -0.25) is 14.7 Å². The van der Waals surface area contributed by atoms with Crippen molar-refractivity contribution in [1.29, 1.82) is 0 Å². The molecule has 1 fully saturated rings. The molecule has 0 atom stereocenters. The lowest BCUT2D eigenvalue weighted by molar-refractivity contribution is 0.0913. The van der Waals surface area contributed by atoms with Gasteiger partial charge in [0.15, 0.2) is 11.5 Å². The maximum atomic E-state index is 12.8. The first kappa shape index (κ1) is 22.8. The summed E-state index contributed by atoms with van der Waals surface area (Å²) in [5.41, 5.74) is 2.90. The van der Waals surface area contributed by atoms with Gasteiger partial charge in [0.05, 0.1) is 6.61 Å². The van der Waals surface area contributed by atoms with E-state index in [1.165, 1.54) is 5.57 Å². The Bertz CT molecular complexity index is 871. The molecule has 0 spiro atoms. The molecular formula is C25H33N3O3. The first-order valence-electron chi connectivity index (χ1n) is 11.0. The molecule has 1 aromatic carbocycles. The van der Waals surface area contributed by atoms with Gasteiger partial charge in [0.1, 0.15) is 6.61 Å². The molecule has 0 bridgehead atoms. The van der Waals surface area contributed by atoms with Gasteiger partial charge in [0.25, 0.3) is 5.91 Å². The molecule has 0 aliphatic carbocycles. The molecule has 0 radical (unpaired) electrons. The molecule has 166 valence electrons. The van der Waals surface area contributed by atoms with Crippen molar-refractivity contribution in [3.8, 4) is 11.5 Å². The number of nitrogens with one attached hydrogen (secondary N) is 1. The van der Waals surface area contributed by atoms with Gasteiger partial charge < -0.3 is 14.8 Å². The third kappa shape index (κ3) is 7.10. The molecule has 6 heteroatoms. The van der Waals surface area contributed by atoms with Crippen molar-refractivity contribution in [3.63, 3.8) is 0 Å². The summed E-state index contributed by atoms with van der Waals surface area (Å²) >= 11 is 0. The average Bonchev–Trinajstić information content (AvgIpc) is 2.78. The van der Waals surface area contributed by atoms with Crippen molar-refractivity contribution < 1.29 is 14.3 Å². The Kier molecular flexibility index (Phi) is 8.47. The van der Waals surface area contributed by atoms with Crippen LogP contribution in [0.15, 0.2) is 54.4 Å². The quantitative estimate of drug-likeness (QED) is 0.612. The van der Waals surface area contributed by atoms with Crippen molar-refractivity contribution in [2.45, 2.75) is 46.3 Å². The molecule has 1 saturated heterocycles. The number of ether oxygens (including phenoxy) is 2. The zero-order valence-corrected chi connectivity index (χ0v) is 18.8. The van der Waals surface area contributed by atoms with E-state index in [0.717, 1.165) is 38.0 Å². The molecule has 6 nitrogen and oxygen atoms in total. The standard InChI is InChI=1S/C25H33N3O3/c1-4-30-24-16-21(7-8-23(24)31-18-20-6-5-12-26-17-20)25(29)27-22-10-14-28(15-11-22)13-9-19(2)3/h5-9,12,16-17,22H,4,10-11,13-15,18H2,1-3H3,(H,27,29). The van der Waals surface area contributed by atoms with E-state index in [0.29, 0.717) is 30.3 Å². The van der Waals surface area contributed by atoms with E-state index >= 15 is 0 Å². The van der Waals surface area contributed by atoms with Crippen LogP contribution in [0.3, 0.4) is 0 Å². The zero-order chi connectivity index (χ0) is 22.1. The van der Waals surface area contributed by atoms with E-state index in [4.69, 9.17) is 9.47 Å². The number of carbonyl (C=O) groups excluding carboxylic acids is 1. The van der Waals surface area contributed by atoms with Gasteiger partial charge >= 0.3 is 0 Å². The highest BCUT2D eigenvalue weighted by atomic mass is 16.5. The topological polar surface area (TPSA) is 63.7 Å². The molecule has 31 heavy (non-hydrogen) atoms. The second-order valence-electron chi connectivity index (χ2n) is 8.07. The number of rotatable bonds is 9. The number of nitrogens with zero attached hydrogens (tertiary/aromatic N) is 2. The van der Waals surface area contributed by atoms with E-state index in [1.54, 1.807) is 30.6 Å². The second kappa shape index (κ2) is 11.5. The predicted molar refractivity (Wildman–Crippen MR) is 123 cm³/mol. The van der Waals surface area contributed by atoms with E-state index in [1.807, 2.05) is 19.1 Å². The molecule has 2 aromatic rings. The fourth-order valence-corrected chi connectivity index (χ4v) is 3.52. The average molecular weight is 424 g/mol. The van der Waals surface area contributed by atoms with Crippen LogP contribution in [0.4, 0.5) is 0 Å². The Morgan fingerprint density at radius 2 is 2.00 bits per heavy atom. The van der Waals surface area contributed by atoms with Crippen LogP contribution in [-0.2, 0) is 6.61 Å². The monoisotopic (exact) mass is 423 g/mol. The number of piperidine rings is 1. The van der Waals surface area contributed by atoms with Crippen molar-refractivity contribution in [1.82, 2.24) is 15.2 Å². The summed E-state index contributed by atoms with van der Waals surface area (Å²) in [5, 5.41) is 3.18. The number of carbonyl (C=O) groups is 1. The number of allylic oxidation sites excluding steroid dienone is 1. The van der Waals surface area contributed by atoms with Crippen LogP contribution in [0.2, 0.25) is 0 Å². The first-order chi connectivity index (χ1) is 15.0. The lowest BCUT2D eigenvalue weighted by atomic mass is 10.0. The summed E-state index contributed by atoms with van der Waals surface area (Å²) in [6, 6.07) is 9.40. The number of amides is 1. The fraction of sp³-hybridized carbons (Fsp3) is 0.440. The summed E-state index contributed by atoms with van der Waals surface area (Å²) in [6.45, 7) is 10.0. The Labute approximate surface area is 185 Å². The molecule has 0 saturated carbocycles. The van der Waals surface area contributed by atoms with E-state index < -0.39 is 0 Å². The maximum absolute atomic E-state index is 12.8. The number of aromatic nitrogens is 1. The Hall–Kier alpha value is -2.86. The molecule has 1 aliphatic heterocycles. The van der Waals surface area contributed by atoms with Gasteiger partial charge in [-0.05, 0) is 57.9 Å². The van der Waals surface area contributed by atoms with Crippen molar-refractivity contribution >= 4 is 5.91 Å². The summed E-state index contributed by atoms with van der Waals surface area (Å²) in [5.74, 6) is 1.13. The molecule has 1 aliphatic rings. The smallest absolute Gasteiger partial charge is 0.251 e. The fourth-order valence-electron chi connectivity index (χ4n) is 3.52. The largest absolute Gasteiger partial charge is 0.490 e.